The summed E-state index contributed by atoms with van der Waals surface area (Å²) in [5.41, 5.74) is 8.02. The molecule has 3 rings (SSSR count). The van der Waals surface area contributed by atoms with Crippen LogP contribution in [-0.2, 0) is 14.3 Å². The van der Waals surface area contributed by atoms with Gasteiger partial charge in [-0.3, -0.25) is 9.69 Å². The highest BCUT2D eigenvalue weighted by atomic mass is 16.5. The van der Waals surface area contributed by atoms with E-state index in [1.807, 2.05) is 24.3 Å². The molecule has 2 aliphatic rings. The Bertz CT molecular complexity index is 646. The fourth-order valence-electron chi connectivity index (χ4n) is 3.14. The van der Waals surface area contributed by atoms with Gasteiger partial charge in [0.05, 0.1) is 24.8 Å². The summed E-state index contributed by atoms with van der Waals surface area (Å²) < 4.78 is 4.67. The van der Waals surface area contributed by atoms with Crippen molar-refractivity contribution in [2.75, 3.05) is 30.0 Å². The Morgan fingerprint density at radius 2 is 1.70 bits per heavy atom. The average molecular weight is 315 g/mol. The minimum absolute atomic E-state index is 0.0214. The molecule has 0 aliphatic carbocycles. The number of methoxy groups -OCH3 is 1. The monoisotopic (exact) mass is 315 g/mol. The Hall–Kier alpha value is -2.50. The van der Waals surface area contributed by atoms with Crippen molar-refractivity contribution in [3.05, 3.63) is 35.7 Å². The first-order valence-corrected chi connectivity index (χ1v) is 7.86. The summed E-state index contributed by atoms with van der Waals surface area (Å²) in [5.74, 6) is -0.607. The van der Waals surface area contributed by atoms with Crippen LogP contribution in [0.4, 0.5) is 11.4 Å². The third-order valence-electron chi connectivity index (χ3n) is 4.39. The molecule has 122 valence electrons. The van der Waals surface area contributed by atoms with Crippen LogP contribution < -0.4 is 15.5 Å². The fraction of sp³-hybridized carbons (Fsp3) is 0.412. The van der Waals surface area contributed by atoms with Gasteiger partial charge >= 0.3 is 5.97 Å². The van der Waals surface area contributed by atoms with Crippen molar-refractivity contribution in [2.45, 2.75) is 25.7 Å². The zero-order valence-corrected chi connectivity index (χ0v) is 13.2. The molecule has 0 radical (unpaired) electrons. The number of nitrogens with two attached hydrogens (primary N) is 1. The number of ether oxygens (including phenoxy) is 1. The van der Waals surface area contributed by atoms with Crippen molar-refractivity contribution in [1.82, 2.24) is 0 Å². The van der Waals surface area contributed by atoms with E-state index in [4.69, 9.17) is 5.73 Å². The first-order valence-electron chi connectivity index (χ1n) is 7.86. The maximum absolute atomic E-state index is 12.2. The number of amides is 1. The molecule has 1 aromatic rings. The Balaban J connectivity index is 1.82. The van der Waals surface area contributed by atoms with Gasteiger partial charge < -0.3 is 15.4 Å². The van der Waals surface area contributed by atoms with Crippen LogP contribution in [0.2, 0.25) is 0 Å². The number of anilines is 2. The molecular formula is C17H21N3O3. The summed E-state index contributed by atoms with van der Waals surface area (Å²) in [6.07, 6.45) is 3.69. The van der Waals surface area contributed by atoms with Gasteiger partial charge in [-0.25, -0.2) is 4.79 Å². The number of hydrogen-bond donors (Lipinski definition) is 1. The summed E-state index contributed by atoms with van der Waals surface area (Å²) in [7, 11) is 1.28. The van der Waals surface area contributed by atoms with Crippen LogP contribution in [0.5, 0.6) is 0 Å². The fourth-order valence-corrected chi connectivity index (χ4v) is 3.14. The van der Waals surface area contributed by atoms with E-state index >= 15 is 0 Å². The Kier molecular flexibility index (Phi) is 4.23. The maximum atomic E-state index is 12.2. The largest absolute Gasteiger partial charge is 0.466 e. The van der Waals surface area contributed by atoms with Crippen molar-refractivity contribution in [3.63, 3.8) is 0 Å². The number of hydrogen-bond acceptors (Lipinski definition) is 5. The highest BCUT2D eigenvalue weighted by molar-refractivity contribution is 6.09. The second kappa shape index (κ2) is 6.32. The highest BCUT2D eigenvalue weighted by Gasteiger charge is 2.33. The molecule has 6 heteroatoms. The molecule has 1 saturated heterocycles. The second-order valence-corrected chi connectivity index (χ2v) is 5.83. The average Bonchev–Trinajstić information content (AvgIpc) is 2.90. The van der Waals surface area contributed by atoms with Gasteiger partial charge in [0, 0.05) is 18.8 Å². The Morgan fingerprint density at radius 1 is 1.09 bits per heavy atom. The van der Waals surface area contributed by atoms with Crippen molar-refractivity contribution in [3.8, 4) is 0 Å². The van der Waals surface area contributed by atoms with E-state index in [9.17, 15) is 9.59 Å². The van der Waals surface area contributed by atoms with E-state index in [0.29, 0.717) is 5.69 Å². The number of benzene rings is 1. The van der Waals surface area contributed by atoms with E-state index in [2.05, 4.69) is 9.64 Å². The number of esters is 1. The molecule has 1 fully saturated rings. The van der Waals surface area contributed by atoms with Gasteiger partial charge in [0.1, 0.15) is 5.82 Å². The molecular weight excluding hydrogens is 294 g/mol. The third kappa shape index (κ3) is 2.88. The van der Waals surface area contributed by atoms with Gasteiger partial charge in [-0.05, 0) is 43.5 Å². The Morgan fingerprint density at radius 3 is 2.30 bits per heavy atom. The number of nitrogens with zero attached hydrogens (tertiary/aromatic N) is 2. The quantitative estimate of drug-likeness (QED) is 0.860. The van der Waals surface area contributed by atoms with Crippen molar-refractivity contribution in [1.29, 1.82) is 0 Å². The van der Waals surface area contributed by atoms with E-state index in [1.165, 1.54) is 31.3 Å². The number of carbonyl (C=O) groups is 2. The van der Waals surface area contributed by atoms with Crippen LogP contribution in [0.25, 0.3) is 0 Å². The zero-order chi connectivity index (χ0) is 16.4. The normalized spacial score (nSPS) is 18.6. The smallest absolute Gasteiger partial charge is 0.337 e. The second-order valence-electron chi connectivity index (χ2n) is 5.83. The van der Waals surface area contributed by atoms with Crippen molar-refractivity contribution < 1.29 is 14.3 Å². The minimum Gasteiger partial charge on any atom is -0.466 e. The molecule has 23 heavy (non-hydrogen) atoms. The van der Waals surface area contributed by atoms with Crippen LogP contribution in [0.1, 0.15) is 25.7 Å². The first kappa shape index (κ1) is 15.4. The molecule has 1 aromatic carbocycles. The number of carbonyl (C=O) groups excluding carboxylic acids is 2. The molecule has 0 unspecified atom stereocenters. The SMILES string of the molecule is COC(=O)C1=C(N)N(c2ccc(N3CCCCC3)cc2)C(=O)C1. The van der Waals surface area contributed by atoms with E-state index in [0.717, 1.165) is 18.8 Å². The standard InChI is InChI=1S/C17H21N3O3/c1-23-17(22)14-11-15(21)20(16(14)18)13-7-5-12(6-8-13)19-9-3-2-4-10-19/h5-8H,2-4,9-11,18H2,1H3. The molecule has 0 aromatic heterocycles. The third-order valence-corrected chi connectivity index (χ3v) is 4.39. The molecule has 0 saturated carbocycles. The van der Waals surface area contributed by atoms with E-state index in [1.54, 1.807) is 0 Å². The van der Waals surface area contributed by atoms with Gasteiger partial charge in [-0.2, -0.15) is 0 Å². The summed E-state index contributed by atoms with van der Waals surface area (Å²) >= 11 is 0. The van der Waals surface area contributed by atoms with E-state index in [-0.39, 0.29) is 23.7 Å². The van der Waals surface area contributed by atoms with Gasteiger partial charge in [0.2, 0.25) is 5.91 Å². The summed E-state index contributed by atoms with van der Waals surface area (Å²) in [4.78, 5) is 27.6. The molecule has 6 nitrogen and oxygen atoms in total. The molecule has 2 heterocycles. The maximum Gasteiger partial charge on any atom is 0.337 e. The molecule has 0 spiro atoms. The lowest BCUT2D eigenvalue weighted by molar-refractivity contribution is -0.136. The van der Waals surface area contributed by atoms with Crippen LogP contribution in [0.15, 0.2) is 35.7 Å². The number of piperidine rings is 1. The Labute approximate surface area is 135 Å². The molecule has 0 atom stereocenters. The summed E-state index contributed by atoms with van der Waals surface area (Å²) in [6, 6.07) is 7.73. The number of rotatable bonds is 3. The molecule has 2 N–H and O–H groups in total. The molecule has 2 aliphatic heterocycles. The predicted molar refractivity (Wildman–Crippen MR) is 87.8 cm³/mol. The topological polar surface area (TPSA) is 75.9 Å². The molecule has 0 bridgehead atoms. The lowest BCUT2D eigenvalue weighted by atomic mass is 10.1. The van der Waals surface area contributed by atoms with Crippen molar-refractivity contribution >= 4 is 23.3 Å². The first-order chi connectivity index (χ1) is 11.1. The van der Waals surface area contributed by atoms with E-state index < -0.39 is 5.97 Å². The lowest BCUT2D eigenvalue weighted by Gasteiger charge is -2.29. The van der Waals surface area contributed by atoms with Crippen LogP contribution in [0, 0.1) is 0 Å². The van der Waals surface area contributed by atoms with Crippen LogP contribution in [0.3, 0.4) is 0 Å². The van der Waals surface area contributed by atoms with Crippen LogP contribution in [-0.4, -0.2) is 32.1 Å². The van der Waals surface area contributed by atoms with Gasteiger partial charge in [0.25, 0.3) is 0 Å². The zero-order valence-electron chi connectivity index (χ0n) is 13.2. The van der Waals surface area contributed by atoms with Crippen LogP contribution >= 0.6 is 0 Å². The van der Waals surface area contributed by atoms with Gasteiger partial charge in [0.15, 0.2) is 0 Å². The van der Waals surface area contributed by atoms with Gasteiger partial charge in [-0.15, -0.1) is 0 Å². The van der Waals surface area contributed by atoms with Crippen molar-refractivity contribution in [2.24, 2.45) is 5.73 Å². The predicted octanol–water partition coefficient (Wildman–Crippen LogP) is 1.76. The summed E-state index contributed by atoms with van der Waals surface area (Å²) in [6.45, 7) is 2.13. The highest BCUT2D eigenvalue weighted by Crippen LogP contribution is 2.30. The summed E-state index contributed by atoms with van der Waals surface area (Å²) in [5, 5.41) is 0. The lowest BCUT2D eigenvalue weighted by Crippen LogP contribution is -2.30. The minimum atomic E-state index is -0.553. The van der Waals surface area contributed by atoms with Gasteiger partial charge in [-0.1, -0.05) is 0 Å². The molecule has 1 amide bonds.